The number of carbonyl (C=O) groups is 2. The first-order chi connectivity index (χ1) is 11.1. The van der Waals surface area contributed by atoms with Crippen molar-refractivity contribution < 1.29 is 9.59 Å². The Balaban J connectivity index is 1.65. The topological polar surface area (TPSA) is 58.2 Å². The molecule has 4 heteroatoms. The Morgan fingerprint density at radius 1 is 1.04 bits per heavy atom. The highest BCUT2D eigenvalue weighted by Crippen LogP contribution is 2.43. The molecule has 23 heavy (non-hydrogen) atoms. The van der Waals surface area contributed by atoms with Crippen LogP contribution in [0.3, 0.4) is 0 Å². The maximum atomic E-state index is 12.0. The summed E-state index contributed by atoms with van der Waals surface area (Å²) in [6.45, 7) is 2.98. The van der Waals surface area contributed by atoms with Crippen LogP contribution in [0, 0.1) is 0 Å². The van der Waals surface area contributed by atoms with E-state index < -0.39 is 0 Å². The highest BCUT2D eigenvalue weighted by Gasteiger charge is 2.38. The first-order valence-corrected chi connectivity index (χ1v) is 8.69. The summed E-state index contributed by atoms with van der Waals surface area (Å²) in [6.07, 6.45) is 6.92. The summed E-state index contributed by atoms with van der Waals surface area (Å²) in [6, 6.07) is 10.5. The summed E-state index contributed by atoms with van der Waals surface area (Å²) in [5.74, 6) is 0.154. The van der Waals surface area contributed by atoms with Gasteiger partial charge in [0.1, 0.15) is 0 Å². The van der Waals surface area contributed by atoms with E-state index in [9.17, 15) is 9.59 Å². The monoisotopic (exact) mass is 316 g/mol. The van der Waals surface area contributed by atoms with Crippen LogP contribution in [0.15, 0.2) is 30.3 Å². The van der Waals surface area contributed by atoms with Gasteiger partial charge in [-0.25, -0.2) is 0 Å². The third kappa shape index (κ3) is 5.38. The summed E-state index contributed by atoms with van der Waals surface area (Å²) < 4.78 is 0. The van der Waals surface area contributed by atoms with E-state index in [1.54, 1.807) is 0 Å². The molecule has 1 aliphatic carbocycles. The molecule has 1 aromatic rings. The van der Waals surface area contributed by atoms with E-state index in [1.165, 1.54) is 18.9 Å². The molecule has 0 atom stereocenters. The molecular weight excluding hydrogens is 288 g/mol. The fraction of sp³-hybridized carbons (Fsp3) is 0.579. The van der Waals surface area contributed by atoms with Gasteiger partial charge in [-0.15, -0.1) is 0 Å². The Labute approximate surface area is 139 Å². The second-order valence-electron chi connectivity index (χ2n) is 6.57. The molecule has 126 valence electrons. The minimum absolute atomic E-state index is 0.00875. The Morgan fingerprint density at radius 2 is 1.78 bits per heavy atom. The molecular formula is C19H28N2O2. The summed E-state index contributed by atoms with van der Waals surface area (Å²) in [5.41, 5.74) is 1.50. The van der Waals surface area contributed by atoms with E-state index in [-0.39, 0.29) is 17.2 Å². The van der Waals surface area contributed by atoms with Gasteiger partial charge in [0.25, 0.3) is 0 Å². The molecule has 0 spiro atoms. The van der Waals surface area contributed by atoms with Gasteiger partial charge in [-0.05, 0) is 31.2 Å². The van der Waals surface area contributed by atoms with Gasteiger partial charge in [-0.1, -0.05) is 43.2 Å². The largest absolute Gasteiger partial charge is 0.356 e. The number of carbonyl (C=O) groups excluding carboxylic acids is 2. The minimum atomic E-state index is 0.00875. The third-order valence-corrected chi connectivity index (χ3v) is 4.78. The van der Waals surface area contributed by atoms with Crippen molar-refractivity contribution in [3.63, 3.8) is 0 Å². The van der Waals surface area contributed by atoms with E-state index in [4.69, 9.17) is 0 Å². The number of rotatable bonds is 9. The Kier molecular flexibility index (Phi) is 6.63. The lowest BCUT2D eigenvalue weighted by atomic mass is 9.64. The zero-order valence-electron chi connectivity index (χ0n) is 14.1. The minimum Gasteiger partial charge on any atom is -0.356 e. The lowest BCUT2D eigenvalue weighted by molar-refractivity contribution is -0.122. The van der Waals surface area contributed by atoms with Crippen molar-refractivity contribution in [2.24, 2.45) is 0 Å². The van der Waals surface area contributed by atoms with Crippen LogP contribution in [0.25, 0.3) is 0 Å². The van der Waals surface area contributed by atoms with Gasteiger partial charge >= 0.3 is 0 Å². The molecule has 1 saturated carbocycles. The lowest BCUT2D eigenvalue weighted by Gasteiger charge is -2.42. The second kappa shape index (κ2) is 8.70. The molecule has 1 aliphatic rings. The van der Waals surface area contributed by atoms with E-state index in [2.05, 4.69) is 34.9 Å². The molecule has 0 aromatic heterocycles. The molecule has 2 amide bonds. The average Bonchev–Trinajstić information content (AvgIpc) is 2.50. The summed E-state index contributed by atoms with van der Waals surface area (Å²) in [7, 11) is 0. The standard InChI is InChI=1S/C19H28N2O2/c1-16(22)20-14-7-3-6-11-18(23)21-15-19(12-8-13-19)17-9-4-2-5-10-17/h2,4-5,9-10H,3,6-8,11-15H2,1H3,(H,20,22)(H,21,23). The Morgan fingerprint density at radius 3 is 2.39 bits per heavy atom. The molecule has 4 nitrogen and oxygen atoms in total. The molecule has 0 radical (unpaired) electrons. The highest BCUT2D eigenvalue weighted by atomic mass is 16.2. The van der Waals surface area contributed by atoms with Crippen LogP contribution in [0.2, 0.25) is 0 Å². The van der Waals surface area contributed by atoms with Gasteiger partial charge in [-0.3, -0.25) is 9.59 Å². The number of amides is 2. The van der Waals surface area contributed by atoms with Crippen LogP contribution in [0.1, 0.15) is 57.4 Å². The number of unbranched alkanes of at least 4 members (excludes halogenated alkanes) is 2. The molecule has 0 unspecified atom stereocenters. The third-order valence-electron chi connectivity index (χ3n) is 4.78. The van der Waals surface area contributed by atoms with E-state index >= 15 is 0 Å². The second-order valence-corrected chi connectivity index (χ2v) is 6.57. The van der Waals surface area contributed by atoms with Crippen LogP contribution < -0.4 is 10.6 Å². The molecule has 1 fully saturated rings. The fourth-order valence-electron chi connectivity index (χ4n) is 3.17. The first-order valence-electron chi connectivity index (χ1n) is 8.69. The number of hydrogen-bond acceptors (Lipinski definition) is 2. The van der Waals surface area contributed by atoms with E-state index in [0.717, 1.165) is 38.6 Å². The molecule has 0 bridgehead atoms. The van der Waals surface area contributed by atoms with Gasteiger partial charge in [0.15, 0.2) is 0 Å². The van der Waals surface area contributed by atoms with Crippen molar-refractivity contribution in [1.82, 2.24) is 10.6 Å². The van der Waals surface area contributed by atoms with Crippen LogP contribution in [0.5, 0.6) is 0 Å². The zero-order valence-corrected chi connectivity index (χ0v) is 14.1. The Hall–Kier alpha value is -1.84. The number of nitrogens with one attached hydrogen (secondary N) is 2. The van der Waals surface area contributed by atoms with Crippen molar-refractivity contribution in [2.45, 2.75) is 57.3 Å². The zero-order chi connectivity index (χ0) is 16.5. The van der Waals surface area contributed by atoms with Crippen molar-refractivity contribution >= 4 is 11.8 Å². The smallest absolute Gasteiger partial charge is 0.220 e. The lowest BCUT2D eigenvalue weighted by Crippen LogP contribution is -2.45. The van der Waals surface area contributed by atoms with Gasteiger partial charge in [0.05, 0.1) is 0 Å². The van der Waals surface area contributed by atoms with Gasteiger partial charge in [-0.2, -0.15) is 0 Å². The maximum absolute atomic E-state index is 12.0. The van der Waals surface area contributed by atoms with Crippen LogP contribution in [-0.2, 0) is 15.0 Å². The van der Waals surface area contributed by atoms with Crippen LogP contribution in [-0.4, -0.2) is 24.9 Å². The summed E-state index contributed by atoms with van der Waals surface area (Å²) in [4.78, 5) is 22.8. The molecule has 0 aliphatic heterocycles. The molecule has 2 rings (SSSR count). The number of hydrogen-bond donors (Lipinski definition) is 2. The summed E-state index contributed by atoms with van der Waals surface area (Å²) >= 11 is 0. The van der Waals surface area contributed by atoms with Crippen molar-refractivity contribution in [3.05, 3.63) is 35.9 Å². The number of benzene rings is 1. The molecule has 1 aromatic carbocycles. The highest BCUT2D eigenvalue weighted by molar-refractivity contribution is 5.76. The van der Waals surface area contributed by atoms with Crippen molar-refractivity contribution in [3.8, 4) is 0 Å². The van der Waals surface area contributed by atoms with Crippen LogP contribution in [0.4, 0.5) is 0 Å². The predicted molar refractivity (Wildman–Crippen MR) is 92.1 cm³/mol. The average molecular weight is 316 g/mol. The quantitative estimate of drug-likeness (QED) is 0.688. The van der Waals surface area contributed by atoms with E-state index in [0.29, 0.717) is 13.0 Å². The molecule has 0 saturated heterocycles. The fourth-order valence-corrected chi connectivity index (χ4v) is 3.17. The molecule has 2 N–H and O–H groups in total. The van der Waals surface area contributed by atoms with E-state index in [1.807, 2.05) is 6.07 Å². The first kappa shape index (κ1) is 17.5. The molecule has 0 heterocycles. The van der Waals surface area contributed by atoms with Gasteiger partial charge in [0, 0.05) is 31.8 Å². The van der Waals surface area contributed by atoms with Crippen molar-refractivity contribution in [2.75, 3.05) is 13.1 Å². The van der Waals surface area contributed by atoms with Gasteiger partial charge in [0.2, 0.25) is 11.8 Å². The maximum Gasteiger partial charge on any atom is 0.220 e. The van der Waals surface area contributed by atoms with Gasteiger partial charge < -0.3 is 10.6 Å². The van der Waals surface area contributed by atoms with Crippen LogP contribution >= 0.6 is 0 Å². The normalized spacial score (nSPS) is 15.5. The SMILES string of the molecule is CC(=O)NCCCCCC(=O)NCC1(c2ccccc2)CCC1. The Bertz CT molecular complexity index is 509. The van der Waals surface area contributed by atoms with Crippen molar-refractivity contribution in [1.29, 1.82) is 0 Å². The summed E-state index contributed by atoms with van der Waals surface area (Å²) in [5, 5.41) is 5.90. The predicted octanol–water partition coefficient (Wildman–Crippen LogP) is 2.92.